The van der Waals surface area contributed by atoms with Gasteiger partial charge in [0.05, 0.1) is 25.2 Å². The van der Waals surface area contributed by atoms with Crippen molar-refractivity contribution in [3.05, 3.63) is 60.2 Å². The Bertz CT molecular complexity index is 961. The van der Waals surface area contributed by atoms with Crippen LogP contribution >= 0.6 is 11.8 Å². The van der Waals surface area contributed by atoms with Crippen molar-refractivity contribution in [3.8, 4) is 5.75 Å². The van der Waals surface area contributed by atoms with E-state index in [-0.39, 0.29) is 6.61 Å². The molecule has 2 saturated heterocycles. The minimum absolute atomic E-state index is 0.262. The van der Waals surface area contributed by atoms with E-state index in [0.29, 0.717) is 6.61 Å². The number of fused-ring (bicyclic) bond motifs is 1. The normalized spacial score (nSPS) is 34.9. The Balaban J connectivity index is 1.68. The molecule has 1 N–H and O–H groups in total. The lowest BCUT2D eigenvalue weighted by Crippen LogP contribution is -2.72. The molecule has 2 aliphatic heterocycles. The molecule has 0 bridgehead atoms. The van der Waals surface area contributed by atoms with Crippen LogP contribution in [0.2, 0.25) is 0 Å². The predicted molar refractivity (Wildman–Crippen MR) is 130 cm³/mol. The van der Waals surface area contributed by atoms with Gasteiger partial charge in [-0.1, -0.05) is 54.2 Å². The summed E-state index contributed by atoms with van der Waals surface area (Å²) in [6.45, 7) is 3.60. The van der Waals surface area contributed by atoms with Gasteiger partial charge in [-0.15, -0.1) is 0 Å². The van der Waals surface area contributed by atoms with Gasteiger partial charge in [-0.25, -0.2) is 0 Å². The van der Waals surface area contributed by atoms with Crippen molar-refractivity contribution in [2.24, 2.45) is 0 Å². The van der Waals surface area contributed by atoms with E-state index >= 15 is 0 Å². The second kappa shape index (κ2) is 11.1. The van der Waals surface area contributed by atoms with E-state index in [4.69, 9.17) is 33.2 Å². The zero-order valence-corrected chi connectivity index (χ0v) is 21.5. The zero-order valence-electron chi connectivity index (χ0n) is 20.7. The largest absolute Gasteiger partial charge is 0.496 e. The van der Waals surface area contributed by atoms with E-state index in [0.717, 1.165) is 16.2 Å². The van der Waals surface area contributed by atoms with Crippen molar-refractivity contribution >= 4 is 11.8 Å². The fraction of sp³-hybridized carbons (Fsp3) is 0.538. The molecule has 0 amide bonds. The zero-order chi connectivity index (χ0) is 25.1. The van der Waals surface area contributed by atoms with E-state index in [1.165, 1.54) is 18.9 Å². The molecule has 0 radical (unpaired) electrons. The molecule has 192 valence electrons. The predicted octanol–water partition coefficient (Wildman–Crippen LogP) is 3.60. The highest BCUT2D eigenvalue weighted by Crippen LogP contribution is 2.47. The van der Waals surface area contributed by atoms with Crippen molar-refractivity contribution in [1.82, 2.24) is 0 Å². The maximum absolute atomic E-state index is 10.2. The maximum atomic E-state index is 10.2. The molecule has 4 rings (SSSR count). The fourth-order valence-corrected chi connectivity index (χ4v) is 5.62. The van der Waals surface area contributed by atoms with E-state index < -0.39 is 41.4 Å². The van der Waals surface area contributed by atoms with Crippen LogP contribution in [0.25, 0.3) is 0 Å². The molecule has 9 heteroatoms. The Morgan fingerprint density at radius 2 is 1.51 bits per heavy atom. The summed E-state index contributed by atoms with van der Waals surface area (Å²) in [5.74, 6) is -1.74. The third-order valence-electron chi connectivity index (χ3n) is 6.69. The molecule has 0 spiro atoms. The molecule has 2 aromatic rings. The first-order valence-electron chi connectivity index (χ1n) is 11.6. The SMILES string of the molecule is COc1ccccc1S[C@H]1O[C@H](CO)[C@H]2O[C@](C)(OC)[C@@](C)(OC)O[C@@H]2[C@@H]1OCc1ccccc1. The summed E-state index contributed by atoms with van der Waals surface area (Å²) in [6, 6.07) is 17.6. The van der Waals surface area contributed by atoms with Crippen LogP contribution < -0.4 is 4.74 Å². The van der Waals surface area contributed by atoms with Crippen molar-refractivity contribution < 1.29 is 38.3 Å². The van der Waals surface area contributed by atoms with Crippen LogP contribution in [0.4, 0.5) is 0 Å². The minimum atomic E-state index is -1.23. The molecule has 0 aliphatic carbocycles. The van der Waals surface area contributed by atoms with Crippen LogP contribution in [-0.4, -0.2) is 74.5 Å². The van der Waals surface area contributed by atoms with Gasteiger partial charge in [0.1, 0.15) is 35.6 Å². The van der Waals surface area contributed by atoms with E-state index in [9.17, 15) is 5.11 Å². The van der Waals surface area contributed by atoms with Crippen molar-refractivity contribution in [2.45, 2.75) is 66.8 Å². The average molecular weight is 507 g/mol. The maximum Gasteiger partial charge on any atom is 0.220 e. The van der Waals surface area contributed by atoms with Crippen molar-refractivity contribution in [3.63, 3.8) is 0 Å². The molecule has 2 aliphatic rings. The van der Waals surface area contributed by atoms with Gasteiger partial charge in [0, 0.05) is 14.2 Å². The Kier molecular flexibility index (Phi) is 8.40. The van der Waals surface area contributed by atoms with E-state index in [1.807, 2.05) is 54.6 Å². The summed E-state index contributed by atoms with van der Waals surface area (Å²) in [4.78, 5) is 0.886. The van der Waals surface area contributed by atoms with Crippen LogP contribution in [0, 0.1) is 0 Å². The van der Waals surface area contributed by atoms with Crippen LogP contribution in [0.15, 0.2) is 59.5 Å². The summed E-state index contributed by atoms with van der Waals surface area (Å²) < 4.78 is 42.8. The highest BCUT2D eigenvalue weighted by molar-refractivity contribution is 8.00. The number of aliphatic hydroxyl groups excluding tert-OH is 1. The molecular formula is C26H34O8S. The molecule has 2 heterocycles. The molecule has 0 aromatic heterocycles. The standard InChI is InChI=1S/C26H34O8S/c1-25(29-4)26(2,30-5)34-22-21(33-25)19(15-27)32-24(35-20-14-10-9-13-18(20)28-3)23(22)31-16-17-11-7-6-8-12-17/h6-14,19,21-24,27H,15-16H2,1-5H3/t19-,21-,22+,23+,24-,25+,26+/m1/s1. The van der Waals surface area contributed by atoms with Gasteiger partial charge in [-0.05, 0) is 31.5 Å². The number of thioether (sulfide) groups is 1. The Morgan fingerprint density at radius 3 is 2.14 bits per heavy atom. The van der Waals surface area contributed by atoms with Crippen LogP contribution in [0.3, 0.4) is 0 Å². The van der Waals surface area contributed by atoms with Crippen LogP contribution in [0.5, 0.6) is 5.75 Å². The number of hydrogen-bond acceptors (Lipinski definition) is 9. The van der Waals surface area contributed by atoms with Gasteiger partial charge in [-0.3, -0.25) is 0 Å². The first kappa shape index (κ1) is 26.4. The third-order valence-corrected chi connectivity index (χ3v) is 7.90. The number of hydrogen-bond donors (Lipinski definition) is 1. The Morgan fingerprint density at radius 1 is 0.886 bits per heavy atom. The molecule has 2 aromatic carbocycles. The third kappa shape index (κ3) is 5.23. The van der Waals surface area contributed by atoms with Crippen molar-refractivity contribution in [1.29, 1.82) is 0 Å². The second-order valence-corrected chi connectivity index (χ2v) is 9.86. The number of para-hydroxylation sites is 1. The first-order valence-corrected chi connectivity index (χ1v) is 12.4. The summed E-state index contributed by atoms with van der Waals surface area (Å²) in [5.41, 5.74) is 0.493. The van der Waals surface area contributed by atoms with E-state index in [2.05, 4.69) is 0 Å². The molecule has 0 unspecified atom stereocenters. The number of rotatable bonds is 9. The van der Waals surface area contributed by atoms with Crippen LogP contribution in [-0.2, 0) is 35.0 Å². The molecule has 2 fully saturated rings. The first-order chi connectivity index (χ1) is 16.9. The molecule has 0 saturated carbocycles. The van der Waals surface area contributed by atoms with Gasteiger partial charge in [0.25, 0.3) is 0 Å². The lowest BCUT2D eigenvalue weighted by atomic mass is 9.94. The topological polar surface area (TPSA) is 84.8 Å². The number of methoxy groups -OCH3 is 3. The summed E-state index contributed by atoms with van der Waals surface area (Å²) >= 11 is 1.46. The molecule has 8 nitrogen and oxygen atoms in total. The summed E-state index contributed by atoms with van der Waals surface area (Å²) in [6.07, 6.45) is -2.48. The van der Waals surface area contributed by atoms with Gasteiger partial charge in [0.2, 0.25) is 11.6 Å². The fourth-order valence-electron chi connectivity index (χ4n) is 4.38. The van der Waals surface area contributed by atoms with Gasteiger partial charge in [-0.2, -0.15) is 0 Å². The Hall–Kier alpha value is -1.69. The molecule has 7 atom stereocenters. The monoisotopic (exact) mass is 506 g/mol. The lowest BCUT2D eigenvalue weighted by molar-refractivity contribution is -0.471. The number of benzene rings is 2. The van der Waals surface area contributed by atoms with Crippen molar-refractivity contribution in [2.75, 3.05) is 27.9 Å². The average Bonchev–Trinajstić information content (AvgIpc) is 2.89. The number of ether oxygens (including phenoxy) is 7. The van der Waals surface area contributed by atoms with Gasteiger partial charge in [0.15, 0.2) is 0 Å². The highest BCUT2D eigenvalue weighted by Gasteiger charge is 2.62. The number of aliphatic hydroxyl groups is 1. The Labute approximate surface area is 210 Å². The summed E-state index contributed by atoms with van der Waals surface area (Å²) in [5, 5.41) is 10.2. The second-order valence-electron chi connectivity index (χ2n) is 8.72. The lowest BCUT2D eigenvalue weighted by Gasteiger charge is -2.57. The highest BCUT2D eigenvalue weighted by atomic mass is 32.2. The summed E-state index contributed by atoms with van der Waals surface area (Å²) in [7, 11) is 4.71. The quantitative estimate of drug-likeness (QED) is 0.548. The molecular weight excluding hydrogens is 472 g/mol. The molecule has 35 heavy (non-hydrogen) atoms. The van der Waals surface area contributed by atoms with Gasteiger partial charge < -0.3 is 38.3 Å². The minimum Gasteiger partial charge on any atom is -0.496 e. The smallest absolute Gasteiger partial charge is 0.220 e. The van der Waals surface area contributed by atoms with E-state index in [1.54, 1.807) is 28.1 Å². The van der Waals surface area contributed by atoms with Gasteiger partial charge >= 0.3 is 0 Å². The van der Waals surface area contributed by atoms with Crippen LogP contribution in [0.1, 0.15) is 19.4 Å².